The van der Waals surface area contributed by atoms with Gasteiger partial charge in [0.15, 0.2) is 5.96 Å². The average molecular weight is 408 g/mol. The molecule has 7 heteroatoms. The maximum atomic E-state index is 5.55. The Labute approximate surface area is 174 Å². The highest BCUT2D eigenvalue weighted by Crippen LogP contribution is 2.25. The molecule has 158 valence electrons. The molecule has 1 aromatic heterocycles. The molecule has 0 spiro atoms. The maximum Gasteiger partial charge on any atom is 0.191 e. The van der Waals surface area contributed by atoms with Crippen molar-refractivity contribution in [2.24, 2.45) is 4.99 Å². The largest absolute Gasteiger partial charge is 0.379 e. The van der Waals surface area contributed by atoms with Crippen molar-refractivity contribution in [1.29, 1.82) is 0 Å². The summed E-state index contributed by atoms with van der Waals surface area (Å²) in [6, 6.07) is 4.74. The lowest BCUT2D eigenvalue weighted by atomic mass is 9.98. The molecule has 3 rings (SSSR count). The van der Waals surface area contributed by atoms with Gasteiger partial charge in [-0.3, -0.25) is 14.8 Å². The van der Waals surface area contributed by atoms with Gasteiger partial charge in [0, 0.05) is 43.6 Å². The predicted octanol–water partition coefficient (Wildman–Crippen LogP) is 2.55. The highest BCUT2D eigenvalue weighted by molar-refractivity contribution is 7.10. The van der Waals surface area contributed by atoms with Crippen molar-refractivity contribution in [2.75, 3.05) is 59.5 Å². The summed E-state index contributed by atoms with van der Waals surface area (Å²) in [5.41, 5.74) is 0.134. The number of piperidine rings is 1. The van der Waals surface area contributed by atoms with E-state index in [2.05, 4.69) is 56.8 Å². The number of nitrogens with one attached hydrogen (secondary N) is 2. The van der Waals surface area contributed by atoms with Gasteiger partial charge in [-0.1, -0.05) is 12.5 Å². The fourth-order valence-corrected chi connectivity index (χ4v) is 4.97. The lowest BCUT2D eigenvalue weighted by Crippen LogP contribution is -2.55. The molecule has 2 saturated heterocycles. The van der Waals surface area contributed by atoms with E-state index < -0.39 is 0 Å². The molecule has 0 amide bonds. The van der Waals surface area contributed by atoms with Crippen LogP contribution in [0.4, 0.5) is 0 Å². The zero-order valence-corrected chi connectivity index (χ0v) is 18.6. The Hall–Kier alpha value is -1.15. The van der Waals surface area contributed by atoms with Crippen LogP contribution >= 0.6 is 11.3 Å². The monoisotopic (exact) mass is 407 g/mol. The summed E-state index contributed by atoms with van der Waals surface area (Å²) in [6.07, 6.45) is 4.01. The van der Waals surface area contributed by atoms with E-state index in [1.165, 1.54) is 37.2 Å². The smallest absolute Gasteiger partial charge is 0.191 e. The first kappa shape index (κ1) is 21.6. The number of aliphatic imine (C=N–C) groups is 1. The van der Waals surface area contributed by atoms with Gasteiger partial charge >= 0.3 is 0 Å². The lowest BCUT2D eigenvalue weighted by molar-refractivity contribution is 0.0177. The van der Waals surface area contributed by atoms with E-state index in [0.29, 0.717) is 6.04 Å². The Kier molecular flexibility index (Phi) is 8.14. The van der Waals surface area contributed by atoms with Crippen LogP contribution in [-0.2, 0) is 4.74 Å². The number of hydrogen-bond acceptors (Lipinski definition) is 5. The van der Waals surface area contributed by atoms with Crippen LogP contribution in [0.15, 0.2) is 22.5 Å². The number of thiophene rings is 1. The number of guanidine groups is 1. The highest BCUT2D eigenvalue weighted by Gasteiger charge is 2.28. The van der Waals surface area contributed by atoms with Crippen LogP contribution in [0, 0.1) is 0 Å². The van der Waals surface area contributed by atoms with Crippen molar-refractivity contribution in [1.82, 2.24) is 20.4 Å². The predicted molar refractivity (Wildman–Crippen MR) is 118 cm³/mol. The first-order valence-corrected chi connectivity index (χ1v) is 11.5. The molecule has 0 aromatic carbocycles. The molecule has 0 aliphatic carbocycles. The van der Waals surface area contributed by atoms with Crippen LogP contribution in [-0.4, -0.2) is 80.8 Å². The third-order valence-electron chi connectivity index (χ3n) is 5.95. The molecule has 0 saturated carbocycles. The third-order valence-corrected chi connectivity index (χ3v) is 6.92. The van der Waals surface area contributed by atoms with E-state index in [1.807, 2.05) is 18.4 Å². The summed E-state index contributed by atoms with van der Waals surface area (Å²) in [7, 11) is 1.86. The Bertz CT molecular complexity index is 592. The van der Waals surface area contributed by atoms with Gasteiger partial charge in [-0.05, 0) is 51.2 Å². The molecule has 2 aliphatic rings. The zero-order chi connectivity index (χ0) is 19.8. The second kappa shape index (κ2) is 10.6. The molecule has 1 atom stereocenters. The molecule has 2 fully saturated rings. The molecular weight excluding hydrogens is 370 g/mol. The van der Waals surface area contributed by atoms with Crippen molar-refractivity contribution >= 4 is 17.3 Å². The van der Waals surface area contributed by atoms with Crippen LogP contribution in [0.1, 0.15) is 44.0 Å². The summed E-state index contributed by atoms with van der Waals surface area (Å²) in [6.45, 7) is 12.4. The van der Waals surface area contributed by atoms with Crippen molar-refractivity contribution in [3.8, 4) is 0 Å². The van der Waals surface area contributed by atoms with Gasteiger partial charge in [-0.2, -0.15) is 0 Å². The first-order chi connectivity index (χ1) is 13.6. The quantitative estimate of drug-likeness (QED) is 0.537. The third kappa shape index (κ3) is 5.92. The van der Waals surface area contributed by atoms with Crippen LogP contribution in [0.2, 0.25) is 0 Å². The molecule has 2 aliphatic heterocycles. The van der Waals surface area contributed by atoms with E-state index >= 15 is 0 Å². The van der Waals surface area contributed by atoms with Gasteiger partial charge in [-0.15, -0.1) is 11.3 Å². The number of nitrogens with zero attached hydrogens (tertiary/aromatic N) is 3. The van der Waals surface area contributed by atoms with Gasteiger partial charge in [0.1, 0.15) is 0 Å². The summed E-state index contributed by atoms with van der Waals surface area (Å²) in [4.78, 5) is 11.0. The molecule has 0 radical (unpaired) electrons. The van der Waals surface area contributed by atoms with E-state index in [4.69, 9.17) is 4.74 Å². The van der Waals surface area contributed by atoms with Gasteiger partial charge in [-0.25, -0.2) is 0 Å². The van der Waals surface area contributed by atoms with Crippen LogP contribution in [0.25, 0.3) is 0 Å². The second-order valence-electron chi connectivity index (χ2n) is 8.35. The van der Waals surface area contributed by atoms with Crippen molar-refractivity contribution in [3.63, 3.8) is 0 Å². The summed E-state index contributed by atoms with van der Waals surface area (Å²) in [5.74, 6) is 0.889. The molecule has 1 unspecified atom stereocenters. The fraction of sp³-hybridized carbons (Fsp3) is 0.762. The van der Waals surface area contributed by atoms with E-state index in [0.717, 1.165) is 45.4 Å². The number of likely N-dealkylation sites (tertiary alicyclic amines) is 1. The number of ether oxygens (including phenoxy) is 1. The maximum absolute atomic E-state index is 5.55. The van der Waals surface area contributed by atoms with Gasteiger partial charge in [0.25, 0.3) is 0 Å². The zero-order valence-electron chi connectivity index (χ0n) is 17.7. The molecule has 6 nitrogen and oxygen atoms in total. The van der Waals surface area contributed by atoms with Crippen LogP contribution < -0.4 is 10.6 Å². The molecule has 28 heavy (non-hydrogen) atoms. The minimum absolute atomic E-state index is 0.134. The Morgan fingerprint density at radius 3 is 2.57 bits per heavy atom. The standard InChI is InChI=1S/C21H37N5OS/c1-21(2,26-9-5-4-6-10-26)17-24-20(22-3)23-16-18(19-8-7-15-28-19)25-11-13-27-14-12-25/h7-8,15,18H,4-6,9-14,16-17H2,1-3H3,(H2,22,23,24). The molecule has 1 aromatic rings. The van der Waals surface area contributed by atoms with Crippen LogP contribution in [0.5, 0.6) is 0 Å². The normalized spacial score (nSPS) is 21.5. The second-order valence-corrected chi connectivity index (χ2v) is 9.33. The Morgan fingerprint density at radius 2 is 1.93 bits per heavy atom. The van der Waals surface area contributed by atoms with Crippen molar-refractivity contribution < 1.29 is 4.74 Å². The number of rotatable bonds is 7. The first-order valence-electron chi connectivity index (χ1n) is 10.6. The topological polar surface area (TPSA) is 52.1 Å². The Morgan fingerprint density at radius 1 is 1.18 bits per heavy atom. The Balaban J connectivity index is 1.54. The van der Waals surface area contributed by atoms with E-state index in [-0.39, 0.29) is 5.54 Å². The van der Waals surface area contributed by atoms with E-state index in [9.17, 15) is 0 Å². The fourth-order valence-electron chi connectivity index (χ4n) is 4.10. The van der Waals surface area contributed by atoms with Crippen molar-refractivity contribution in [3.05, 3.63) is 22.4 Å². The summed E-state index contributed by atoms with van der Waals surface area (Å²) in [5, 5.41) is 9.31. The minimum atomic E-state index is 0.134. The van der Waals surface area contributed by atoms with Crippen molar-refractivity contribution in [2.45, 2.75) is 44.7 Å². The number of hydrogen-bond donors (Lipinski definition) is 2. The highest BCUT2D eigenvalue weighted by atomic mass is 32.1. The molecule has 0 bridgehead atoms. The van der Waals surface area contributed by atoms with Gasteiger partial charge < -0.3 is 15.4 Å². The van der Waals surface area contributed by atoms with E-state index in [1.54, 1.807) is 0 Å². The molecular formula is C21H37N5OS. The lowest BCUT2D eigenvalue weighted by Gasteiger charge is -2.41. The minimum Gasteiger partial charge on any atom is -0.379 e. The number of morpholine rings is 1. The van der Waals surface area contributed by atoms with Gasteiger partial charge in [0.2, 0.25) is 0 Å². The summed E-state index contributed by atoms with van der Waals surface area (Å²) >= 11 is 1.83. The van der Waals surface area contributed by atoms with Gasteiger partial charge in [0.05, 0.1) is 19.3 Å². The SMILES string of the molecule is CN=C(NCC(c1cccs1)N1CCOCC1)NCC(C)(C)N1CCCCC1. The average Bonchev–Trinajstić information content (AvgIpc) is 3.26. The molecule has 3 heterocycles. The van der Waals surface area contributed by atoms with Crippen LogP contribution in [0.3, 0.4) is 0 Å². The molecule has 2 N–H and O–H groups in total. The summed E-state index contributed by atoms with van der Waals surface area (Å²) < 4.78 is 5.55.